The van der Waals surface area contributed by atoms with E-state index in [-0.39, 0.29) is 5.75 Å². The minimum absolute atomic E-state index is 0.129. The lowest BCUT2D eigenvalue weighted by molar-refractivity contribution is 0.600. The molecule has 0 radical (unpaired) electrons. The normalized spacial score (nSPS) is 11.2. The van der Waals surface area contributed by atoms with Crippen LogP contribution >= 0.6 is 11.6 Å². The van der Waals surface area contributed by atoms with Crippen LogP contribution in [-0.2, 0) is 15.8 Å². The van der Waals surface area contributed by atoms with Crippen LogP contribution < -0.4 is 10.5 Å². The monoisotopic (exact) mass is 297 g/mol. The van der Waals surface area contributed by atoms with Crippen molar-refractivity contribution in [2.24, 2.45) is 0 Å². The second kappa shape index (κ2) is 5.46. The summed E-state index contributed by atoms with van der Waals surface area (Å²) in [5.41, 5.74) is 7.17. The van der Waals surface area contributed by atoms with Crippen molar-refractivity contribution in [1.29, 1.82) is 0 Å². The molecule has 1 aromatic carbocycles. The Balaban J connectivity index is 2.10. The number of benzene rings is 1. The standard InChI is InChI=1S/C12H12ClN3O2S/c13-12-6-5-11(7-15-12)16-19(17,18)8-9-1-3-10(14)4-2-9/h1-7,16H,8,14H2. The van der Waals surface area contributed by atoms with Crippen LogP contribution in [0.1, 0.15) is 5.56 Å². The Morgan fingerprint density at radius 2 is 1.84 bits per heavy atom. The fourth-order valence-corrected chi connectivity index (χ4v) is 2.78. The third kappa shape index (κ3) is 4.11. The molecule has 3 N–H and O–H groups in total. The molecule has 1 heterocycles. The molecule has 0 aliphatic heterocycles. The lowest BCUT2D eigenvalue weighted by Gasteiger charge is -2.08. The molecule has 0 bridgehead atoms. The zero-order valence-corrected chi connectivity index (χ0v) is 11.4. The quantitative estimate of drug-likeness (QED) is 0.669. The van der Waals surface area contributed by atoms with Gasteiger partial charge < -0.3 is 5.73 Å². The summed E-state index contributed by atoms with van der Waals surface area (Å²) in [6.07, 6.45) is 1.36. The second-order valence-corrected chi connectivity index (χ2v) is 6.08. The van der Waals surface area contributed by atoms with Gasteiger partial charge >= 0.3 is 0 Å². The molecular formula is C12H12ClN3O2S. The van der Waals surface area contributed by atoms with Crippen molar-refractivity contribution in [2.45, 2.75) is 5.75 Å². The SMILES string of the molecule is Nc1ccc(CS(=O)(=O)Nc2ccc(Cl)nc2)cc1. The molecule has 0 spiro atoms. The Labute approximate surface area is 116 Å². The van der Waals surface area contributed by atoms with Crippen molar-refractivity contribution in [1.82, 2.24) is 4.98 Å². The number of nitrogens with one attached hydrogen (secondary N) is 1. The molecule has 0 aliphatic carbocycles. The first-order valence-electron chi connectivity index (χ1n) is 5.41. The number of nitrogens with zero attached hydrogens (tertiary/aromatic N) is 1. The lowest BCUT2D eigenvalue weighted by atomic mass is 10.2. The third-order valence-corrected chi connectivity index (χ3v) is 3.82. The molecule has 2 aromatic rings. The van der Waals surface area contributed by atoms with E-state index in [1.165, 1.54) is 12.3 Å². The Hall–Kier alpha value is -1.79. The summed E-state index contributed by atoms with van der Waals surface area (Å²) in [6.45, 7) is 0. The molecule has 19 heavy (non-hydrogen) atoms. The molecule has 0 aliphatic rings. The molecule has 2 rings (SSSR count). The molecule has 0 unspecified atom stereocenters. The zero-order chi connectivity index (χ0) is 13.9. The predicted molar refractivity (Wildman–Crippen MR) is 76.3 cm³/mol. The van der Waals surface area contributed by atoms with Gasteiger partial charge in [0.15, 0.2) is 0 Å². The van der Waals surface area contributed by atoms with Crippen molar-refractivity contribution in [3.63, 3.8) is 0 Å². The van der Waals surface area contributed by atoms with Crippen LogP contribution in [0.5, 0.6) is 0 Å². The maximum absolute atomic E-state index is 11.9. The van der Waals surface area contributed by atoms with E-state index >= 15 is 0 Å². The first-order chi connectivity index (χ1) is 8.94. The van der Waals surface area contributed by atoms with Gasteiger partial charge in [-0.25, -0.2) is 13.4 Å². The van der Waals surface area contributed by atoms with Gasteiger partial charge in [-0.05, 0) is 29.8 Å². The van der Waals surface area contributed by atoms with Crippen LogP contribution in [0, 0.1) is 0 Å². The summed E-state index contributed by atoms with van der Waals surface area (Å²) in [5, 5.41) is 0.307. The highest BCUT2D eigenvalue weighted by atomic mass is 35.5. The van der Waals surface area contributed by atoms with Gasteiger partial charge in [-0.15, -0.1) is 0 Å². The van der Waals surface area contributed by atoms with E-state index in [2.05, 4.69) is 9.71 Å². The Bertz CT molecular complexity index is 601. The Morgan fingerprint density at radius 1 is 1.16 bits per heavy atom. The molecule has 0 atom stereocenters. The number of nitrogens with two attached hydrogens (primary N) is 1. The summed E-state index contributed by atoms with van der Waals surface area (Å²) in [5.74, 6) is -0.129. The van der Waals surface area contributed by atoms with Gasteiger partial charge in [-0.1, -0.05) is 23.7 Å². The van der Waals surface area contributed by atoms with Crippen LogP contribution in [-0.4, -0.2) is 13.4 Å². The zero-order valence-electron chi connectivity index (χ0n) is 9.88. The average molecular weight is 298 g/mol. The van der Waals surface area contributed by atoms with E-state index in [9.17, 15) is 8.42 Å². The number of halogens is 1. The smallest absolute Gasteiger partial charge is 0.236 e. The number of sulfonamides is 1. The fourth-order valence-electron chi connectivity index (χ4n) is 1.49. The largest absolute Gasteiger partial charge is 0.399 e. The number of nitrogen functional groups attached to an aromatic ring is 1. The molecule has 1 aromatic heterocycles. The minimum Gasteiger partial charge on any atom is -0.399 e. The summed E-state index contributed by atoms with van der Waals surface area (Å²) in [6, 6.07) is 9.74. The van der Waals surface area contributed by atoms with Crippen LogP contribution in [0.4, 0.5) is 11.4 Å². The molecule has 5 nitrogen and oxygen atoms in total. The van der Waals surface area contributed by atoms with E-state index < -0.39 is 10.0 Å². The minimum atomic E-state index is -3.49. The van der Waals surface area contributed by atoms with Crippen molar-refractivity contribution in [3.05, 3.63) is 53.3 Å². The van der Waals surface area contributed by atoms with E-state index in [0.717, 1.165) is 0 Å². The molecular weight excluding hydrogens is 286 g/mol. The number of aromatic nitrogens is 1. The van der Waals surface area contributed by atoms with Gasteiger partial charge in [-0.2, -0.15) is 0 Å². The second-order valence-electron chi connectivity index (χ2n) is 3.97. The predicted octanol–water partition coefficient (Wildman–Crippen LogP) is 2.26. The summed E-state index contributed by atoms with van der Waals surface area (Å²) < 4.78 is 26.3. The van der Waals surface area contributed by atoms with Crippen LogP contribution in [0.3, 0.4) is 0 Å². The molecule has 100 valence electrons. The maximum Gasteiger partial charge on any atom is 0.236 e. The Morgan fingerprint density at radius 3 is 2.42 bits per heavy atom. The lowest BCUT2D eigenvalue weighted by Crippen LogP contribution is -2.15. The van der Waals surface area contributed by atoms with Gasteiger partial charge in [0, 0.05) is 5.69 Å². The molecule has 0 fully saturated rings. The van der Waals surface area contributed by atoms with Crippen molar-refractivity contribution in [2.75, 3.05) is 10.5 Å². The van der Waals surface area contributed by atoms with Crippen molar-refractivity contribution < 1.29 is 8.42 Å². The van der Waals surface area contributed by atoms with Crippen LogP contribution in [0.15, 0.2) is 42.6 Å². The maximum atomic E-state index is 11.9. The fraction of sp³-hybridized carbons (Fsp3) is 0.0833. The summed E-state index contributed by atoms with van der Waals surface area (Å²) in [4.78, 5) is 3.80. The summed E-state index contributed by atoms with van der Waals surface area (Å²) >= 11 is 5.63. The number of hydrogen-bond donors (Lipinski definition) is 2. The molecule has 0 amide bonds. The average Bonchev–Trinajstić information content (AvgIpc) is 2.34. The van der Waals surface area contributed by atoms with Gasteiger partial charge in [0.05, 0.1) is 17.6 Å². The van der Waals surface area contributed by atoms with Gasteiger partial charge in [-0.3, -0.25) is 4.72 Å². The van der Waals surface area contributed by atoms with Crippen molar-refractivity contribution >= 4 is 33.0 Å². The Kier molecular flexibility index (Phi) is 3.92. The van der Waals surface area contributed by atoms with E-state index in [1.807, 2.05) is 0 Å². The first-order valence-corrected chi connectivity index (χ1v) is 7.44. The van der Waals surface area contributed by atoms with Crippen LogP contribution in [0.25, 0.3) is 0 Å². The highest BCUT2D eigenvalue weighted by Crippen LogP contribution is 2.14. The van der Waals surface area contributed by atoms with Gasteiger partial charge in [0.1, 0.15) is 5.15 Å². The molecule has 0 saturated carbocycles. The summed E-state index contributed by atoms with van der Waals surface area (Å²) in [7, 11) is -3.49. The van der Waals surface area contributed by atoms with Crippen molar-refractivity contribution in [3.8, 4) is 0 Å². The van der Waals surface area contributed by atoms with Gasteiger partial charge in [0.2, 0.25) is 10.0 Å². The van der Waals surface area contributed by atoms with E-state index in [0.29, 0.717) is 22.1 Å². The first kappa shape index (κ1) is 13.6. The van der Waals surface area contributed by atoms with E-state index in [1.54, 1.807) is 30.3 Å². The highest BCUT2D eigenvalue weighted by molar-refractivity contribution is 7.91. The third-order valence-electron chi connectivity index (χ3n) is 2.34. The highest BCUT2D eigenvalue weighted by Gasteiger charge is 2.11. The van der Waals surface area contributed by atoms with Crippen LogP contribution in [0.2, 0.25) is 5.15 Å². The number of rotatable bonds is 4. The van der Waals surface area contributed by atoms with E-state index in [4.69, 9.17) is 17.3 Å². The number of anilines is 2. The number of pyridine rings is 1. The molecule has 0 saturated heterocycles. The topological polar surface area (TPSA) is 85.1 Å². The number of hydrogen-bond acceptors (Lipinski definition) is 4. The molecule has 7 heteroatoms. The van der Waals surface area contributed by atoms with Gasteiger partial charge in [0.25, 0.3) is 0 Å².